The summed E-state index contributed by atoms with van der Waals surface area (Å²) >= 11 is 0. The third-order valence-corrected chi connectivity index (χ3v) is 4.51. The fourth-order valence-electron chi connectivity index (χ4n) is 2.68. The van der Waals surface area contributed by atoms with E-state index in [0.717, 1.165) is 23.1 Å². The van der Waals surface area contributed by atoms with Crippen molar-refractivity contribution >= 4 is 11.0 Å². The maximum absolute atomic E-state index is 4.64. The van der Waals surface area contributed by atoms with Gasteiger partial charge in [0.1, 0.15) is 11.0 Å². The molecule has 2 aromatic carbocycles. The van der Waals surface area contributed by atoms with Gasteiger partial charge in [0.05, 0.1) is 5.69 Å². The SMILES string of the molecule is CCC(C)c1cc(-n2nc3ccccc3n2)cc(C(C)(C)C)c1. The lowest BCUT2D eigenvalue weighted by Crippen LogP contribution is -2.13. The highest BCUT2D eigenvalue weighted by atomic mass is 15.5. The first-order valence-electron chi connectivity index (χ1n) is 8.36. The van der Waals surface area contributed by atoms with Crippen LogP contribution in [0.4, 0.5) is 0 Å². The average molecular weight is 307 g/mol. The Hall–Kier alpha value is -2.16. The molecule has 3 nitrogen and oxygen atoms in total. The van der Waals surface area contributed by atoms with Gasteiger partial charge in [0.25, 0.3) is 0 Å². The fourth-order valence-corrected chi connectivity index (χ4v) is 2.68. The minimum atomic E-state index is 0.102. The predicted molar refractivity (Wildman–Crippen MR) is 96.3 cm³/mol. The number of rotatable bonds is 3. The molecular formula is C20H25N3. The van der Waals surface area contributed by atoms with Gasteiger partial charge in [0.15, 0.2) is 0 Å². The second kappa shape index (κ2) is 5.80. The molecule has 0 bridgehead atoms. The van der Waals surface area contributed by atoms with Gasteiger partial charge in [-0.25, -0.2) is 0 Å². The Labute approximate surface area is 138 Å². The number of nitrogens with zero attached hydrogens (tertiary/aromatic N) is 3. The molecular weight excluding hydrogens is 282 g/mol. The smallest absolute Gasteiger partial charge is 0.113 e. The standard InChI is InChI=1S/C20H25N3/c1-6-14(2)15-11-16(20(3,4)5)13-17(12-15)23-21-18-9-7-8-10-19(18)22-23/h7-14H,6H2,1-5H3. The molecule has 0 amide bonds. The van der Waals surface area contributed by atoms with Crippen LogP contribution < -0.4 is 0 Å². The lowest BCUT2D eigenvalue weighted by atomic mass is 9.84. The van der Waals surface area contributed by atoms with Crippen molar-refractivity contribution in [2.75, 3.05) is 0 Å². The van der Waals surface area contributed by atoms with Gasteiger partial charge >= 0.3 is 0 Å². The molecule has 0 fully saturated rings. The molecule has 3 aromatic rings. The average Bonchev–Trinajstić information content (AvgIpc) is 2.97. The number of benzene rings is 2. The van der Waals surface area contributed by atoms with Crippen LogP contribution in [-0.4, -0.2) is 15.0 Å². The fraction of sp³-hybridized carbons (Fsp3) is 0.400. The summed E-state index contributed by atoms with van der Waals surface area (Å²) < 4.78 is 0. The van der Waals surface area contributed by atoms with E-state index < -0.39 is 0 Å². The van der Waals surface area contributed by atoms with Crippen molar-refractivity contribution in [3.8, 4) is 5.69 Å². The lowest BCUT2D eigenvalue weighted by molar-refractivity contribution is 0.585. The first-order valence-corrected chi connectivity index (χ1v) is 8.36. The largest absolute Gasteiger partial charge is 0.150 e. The minimum absolute atomic E-state index is 0.102. The Morgan fingerprint density at radius 1 is 1.00 bits per heavy atom. The predicted octanol–water partition coefficient (Wildman–Crippen LogP) is 5.23. The van der Waals surface area contributed by atoms with Crippen molar-refractivity contribution in [1.29, 1.82) is 0 Å². The maximum atomic E-state index is 4.64. The summed E-state index contributed by atoms with van der Waals surface area (Å²) in [6.45, 7) is 11.3. The van der Waals surface area contributed by atoms with Crippen LogP contribution >= 0.6 is 0 Å². The van der Waals surface area contributed by atoms with Crippen LogP contribution in [0, 0.1) is 0 Å². The molecule has 1 atom stereocenters. The van der Waals surface area contributed by atoms with Crippen LogP contribution in [0.2, 0.25) is 0 Å². The van der Waals surface area contributed by atoms with Gasteiger partial charge in [-0.2, -0.15) is 4.80 Å². The van der Waals surface area contributed by atoms with E-state index in [0.29, 0.717) is 5.92 Å². The molecule has 0 aliphatic heterocycles. The van der Waals surface area contributed by atoms with Gasteiger partial charge < -0.3 is 0 Å². The molecule has 120 valence electrons. The van der Waals surface area contributed by atoms with E-state index in [-0.39, 0.29) is 5.41 Å². The molecule has 1 heterocycles. The van der Waals surface area contributed by atoms with Crippen molar-refractivity contribution in [3.05, 3.63) is 53.6 Å². The topological polar surface area (TPSA) is 30.7 Å². The van der Waals surface area contributed by atoms with Crippen LogP contribution in [0.5, 0.6) is 0 Å². The normalized spacial score (nSPS) is 13.4. The molecule has 0 spiro atoms. The summed E-state index contributed by atoms with van der Waals surface area (Å²) in [6, 6.07) is 14.8. The second-order valence-electron chi connectivity index (χ2n) is 7.35. The van der Waals surface area contributed by atoms with E-state index in [1.54, 1.807) is 4.80 Å². The summed E-state index contributed by atoms with van der Waals surface area (Å²) in [6.07, 6.45) is 1.13. The number of fused-ring (bicyclic) bond motifs is 1. The monoisotopic (exact) mass is 307 g/mol. The molecule has 0 saturated carbocycles. The highest BCUT2D eigenvalue weighted by molar-refractivity contribution is 5.73. The van der Waals surface area contributed by atoms with Crippen LogP contribution in [0.15, 0.2) is 42.5 Å². The Morgan fingerprint density at radius 3 is 2.13 bits per heavy atom. The van der Waals surface area contributed by atoms with Crippen LogP contribution in [0.1, 0.15) is 58.1 Å². The molecule has 0 aliphatic rings. The Balaban J connectivity index is 2.17. The highest BCUT2D eigenvalue weighted by Gasteiger charge is 2.18. The summed E-state index contributed by atoms with van der Waals surface area (Å²) in [5, 5.41) is 9.28. The summed E-state index contributed by atoms with van der Waals surface area (Å²) in [5.41, 5.74) is 5.69. The third kappa shape index (κ3) is 3.14. The Bertz CT molecular complexity index is 791. The van der Waals surface area contributed by atoms with E-state index in [4.69, 9.17) is 0 Å². The molecule has 0 N–H and O–H groups in total. The summed E-state index contributed by atoms with van der Waals surface area (Å²) in [5.74, 6) is 0.529. The van der Waals surface area contributed by atoms with Crippen molar-refractivity contribution < 1.29 is 0 Å². The van der Waals surface area contributed by atoms with Gasteiger partial charge in [0, 0.05) is 0 Å². The van der Waals surface area contributed by atoms with Crippen LogP contribution in [0.3, 0.4) is 0 Å². The zero-order valence-corrected chi connectivity index (χ0v) is 14.7. The third-order valence-electron chi connectivity index (χ3n) is 4.51. The molecule has 1 unspecified atom stereocenters. The molecule has 0 radical (unpaired) electrons. The zero-order chi connectivity index (χ0) is 16.6. The lowest BCUT2D eigenvalue weighted by Gasteiger charge is -2.22. The van der Waals surface area contributed by atoms with Gasteiger partial charge in [-0.3, -0.25) is 0 Å². The first kappa shape index (κ1) is 15.7. The van der Waals surface area contributed by atoms with E-state index in [2.05, 4.69) is 63.0 Å². The first-order chi connectivity index (χ1) is 10.9. The van der Waals surface area contributed by atoms with Crippen LogP contribution in [-0.2, 0) is 5.41 Å². The highest BCUT2D eigenvalue weighted by Crippen LogP contribution is 2.30. The van der Waals surface area contributed by atoms with Crippen molar-refractivity contribution in [3.63, 3.8) is 0 Å². The number of aromatic nitrogens is 3. The number of hydrogen-bond donors (Lipinski definition) is 0. The van der Waals surface area contributed by atoms with E-state index in [1.165, 1.54) is 11.1 Å². The van der Waals surface area contributed by atoms with E-state index >= 15 is 0 Å². The molecule has 0 aliphatic carbocycles. The Morgan fingerprint density at radius 2 is 1.61 bits per heavy atom. The van der Waals surface area contributed by atoms with Crippen LogP contribution in [0.25, 0.3) is 16.7 Å². The molecule has 3 heteroatoms. The molecule has 1 aromatic heterocycles. The maximum Gasteiger partial charge on any atom is 0.113 e. The molecule has 3 rings (SSSR count). The summed E-state index contributed by atoms with van der Waals surface area (Å²) in [4.78, 5) is 1.77. The van der Waals surface area contributed by atoms with E-state index in [9.17, 15) is 0 Å². The van der Waals surface area contributed by atoms with Crippen molar-refractivity contribution in [2.45, 2.75) is 52.4 Å². The van der Waals surface area contributed by atoms with Gasteiger partial charge in [-0.1, -0.05) is 52.8 Å². The summed E-state index contributed by atoms with van der Waals surface area (Å²) in [7, 11) is 0. The minimum Gasteiger partial charge on any atom is -0.150 e. The Kier molecular flexibility index (Phi) is 3.97. The zero-order valence-electron chi connectivity index (χ0n) is 14.7. The quantitative estimate of drug-likeness (QED) is 0.663. The van der Waals surface area contributed by atoms with Gasteiger partial charge in [-0.15, -0.1) is 10.2 Å². The molecule has 23 heavy (non-hydrogen) atoms. The van der Waals surface area contributed by atoms with Gasteiger partial charge in [-0.05, 0) is 53.1 Å². The van der Waals surface area contributed by atoms with Crippen molar-refractivity contribution in [2.24, 2.45) is 0 Å². The second-order valence-corrected chi connectivity index (χ2v) is 7.35. The van der Waals surface area contributed by atoms with E-state index in [1.807, 2.05) is 24.3 Å². The molecule has 0 saturated heterocycles. The van der Waals surface area contributed by atoms with Gasteiger partial charge in [0.2, 0.25) is 0 Å². The van der Waals surface area contributed by atoms with Crippen molar-refractivity contribution in [1.82, 2.24) is 15.0 Å². The number of hydrogen-bond acceptors (Lipinski definition) is 2.